The zero-order chi connectivity index (χ0) is 20.7. The first-order valence-corrected chi connectivity index (χ1v) is 9.67. The molecule has 2 aromatic rings. The second kappa shape index (κ2) is 9.98. The number of methoxy groups -OCH3 is 3. The molecule has 1 N–H and O–H groups in total. The van der Waals surface area contributed by atoms with E-state index in [0.717, 1.165) is 11.3 Å². The Morgan fingerprint density at radius 1 is 1.00 bits per heavy atom. The maximum absolute atomic E-state index is 12.6. The van der Waals surface area contributed by atoms with E-state index >= 15 is 0 Å². The summed E-state index contributed by atoms with van der Waals surface area (Å²) >= 11 is 1.37. The predicted octanol–water partition coefficient (Wildman–Crippen LogP) is 3.69. The molecule has 0 bridgehead atoms. The summed E-state index contributed by atoms with van der Waals surface area (Å²) in [6.45, 7) is 4.00. The second-order valence-electron chi connectivity index (χ2n) is 5.79. The number of hydrogen-bond donors (Lipinski definition) is 1. The molecule has 0 atom stereocenters. The number of benzene rings is 1. The van der Waals surface area contributed by atoms with Crippen molar-refractivity contribution in [2.75, 3.05) is 33.3 Å². The van der Waals surface area contributed by atoms with Crippen LogP contribution in [0.25, 0.3) is 0 Å². The van der Waals surface area contributed by atoms with E-state index in [1.165, 1.54) is 32.7 Å². The van der Waals surface area contributed by atoms with E-state index in [9.17, 15) is 9.59 Å². The molecular weight excluding hydrogens is 382 g/mol. The highest BCUT2D eigenvalue weighted by molar-refractivity contribution is 7.16. The van der Waals surface area contributed by atoms with Crippen molar-refractivity contribution < 1.29 is 28.5 Å². The Hall–Kier alpha value is -2.74. The van der Waals surface area contributed by atoms with E-state index in [4.69, 9.17) is 18.9 Å². The van der Waals surface area contributed by atoms with E-state index in [-0.39, 0.29) is 18.9 Å². The van der Waals surface area contributed by atoms with E-state index in [1.807, 2.05) is 6.92 Å². The van der Waals surface area contributed by atoms with Crippen LogP contribution < -0.4 is 19.5 Å². The Morgan fingerprint density at radius 3 is 2.14 bits per heavy atom. The lowest BCUT2D eigenvalue weighted by atomic mass is 10.1. The number of ether oxygens (including phenoxy) is 4. The summed E-state index contributed by atoms with van der Waals surface area (Å²) in [5, 5.41) is 3.32. The van der Waals surface area contributed by atoms with Crippen LogP contribution in [0.15, 0.2) is 18.2 Å². The van der Waals surface area contributed by atoms with Crippen molar-refractivity contribution in [3.63, 3.8) is 0 Å². The molecule has 0 saturated heterocycles. The first-order chi connectivity index (χ1) is 13.5. The third kappa shape index (κ3) is 4.95. The van der Waals surface area contributed by atoms with Crippen molar-refractivity contribution in [1.82, 2.24) is 0 Å². The van der Waals surface area contributed by atoms with Gasteiger partial charge in [-0.1, -0.05) is 6.92 Å². The fourth-order valence-corrected chi connectivity index (χ4v) is 3.66. The van der Waals surface area contributed by atoms with E-state index in [2.05, 4.69) is 5.32 Å². The van der Waals surface area contributed by atoms with Crippen LogP contribution >= 0.6 is 11.3 Å². The molecule has 0 spiro atoms. The molecule has 7 nitrogen and oxygen atoms in total. The molecule has 1 aromatic carbocycles. The SMILES string of the molecule is CCOC(=O)c1cc(CC)sc1NC(=O)Cc1cc(OC)c(OC)c(OC)c1. The summed E-state index contributed by atoms with van der Waals surface area (Å²) in [4.78, 5) is 25.7. The Kier molecular flexibility index (Phi) is 7.69. The average molecular weight is 407 g/mol. The lowest BCUT2D eigenvalue weighted by molar-refractivity contribution is -0.115. The van der Waals surface area contributed by atoms with Crippen LogP contribution in [0.3, 0.4) is 0 Å². The molecule has 0 radical (unpaired) electrons. The van der Waals surface area contributed by atoms with Gasteiger partial charge in [0.2, 0.25) is 11.7 Å². The van der Waals surface area contributed by atoms with Crippen molar-refractivity contribution in [2.24, 2.45) is 0 Å². The number of rotatable bonds is 9. The van der Waals surface area contributed by atoms with Gasteiger partial charge in [0.05, 0.1) is 39.9 Å². The smallest absolute Gasteiger partial charge is 0.341 e. The molecule has 2 rings (SSSR count). The standard InChI is InChI=1S/C20H25NO6S/c1-6-13-11-14(20(23)27-7-2)19(28-13)21-17(22)10-12-8-15(24-3)18(26-5)16(9-12)25-4/h8-9,11H,6-7,10H2,1-5H3,(H,21,22). The van der Waals surface area contributed by atoms with Crippen LogP contribution in [0.5, 0.6) is 17.2 Å². The zero-order valence-corrected chi connectivity index (χ0v) is 17.5. The molecule has 1 heterocycles. The fraction of sp³-hybridized carbons (Fsp3) is 0.400. The molecule has 0 aliphatic rings. The highest BCUT2D eigenvalue weighted by atomic mass is 32.1. The molecule has 0 aliphatic heterocycles. The van der Waals surface area contributed by atoms with Gasteiger partial charge in [-0.2, -0.15) is 0 Å². The molecular formula is C20H25NO6S. The fourth-order valence-electron chi connectivity index (χ4n) is 2.66. The molecule has 0 fully saturated rings. The van der Waals surface area contributed by atoms with Crippen molar-refractivity contribution in [3.05, 3.63) is 34.2 Å². The van der Waals surface area contributed by atoms with Gasteiger partial charge in [0.15, 0.2) is 11.5 Å². The summed E-state index contributed by atoms with van der Waals surface area (Å²) in [5.41, 5.74) is 1.07. The number of carbonyl (C=O) groups is 2. The van der Waals surface area contributed by atoms with Crippen molar-refractivity contribution in [1.29, 1.82) is 0 Å². The van der Waals surface area contributed by atoms with Crippen LogP contribution in [-0.4, -0.2) is 39.8 Å². The van der Waals surface area contributed by atoms with Gasteiger partial charge < -0.3 is 24.3 Å². The van der Waals surface area contributed by atoms with E-state index in [0.29, 0.717) is 33.4 Å². The minimum atomic E-state index is -0.443. The summed E-state index contributed by atoms with van der Waals surface area (Å²) < 4.78 is 21.0. The minimum Gasteiger partial charge on any atom is -0.493 e. The normalized spacial score (nSPS) is 10.3. The van der Waals surface area contributed by atoms with Crippen LogP contribution in [-0.2, 0) is 22.4 Å². The van der Waals surface area contributed by atoms with Gasteiger partial charge in [0.25, 0.3) is 0 Å². The van der Waals surface area contributed by atoms with Crippen LogP contribution in [0, 0.1) is 0 Å². The Labute approximate surface area is 168 Å². The molecule has 152 valence electrons. The average Bonchev–Trinajstić information content (AvgIpc) is 3.10. The van der Waals surface area contributed by atoms with Crippen LogP contribution in [0.4, 0.5) is 5.00 Å². The molecule has 8 heteroatoms. The molecule has 1 aromatic heterocycles. The summed E-state index contributed by atoms with van der Waals surface area (Å²) in [7, 11) is 4.56. The molecule has 0 aliphatic carbocycles. The van der Waals surface area contributed by atoms with Gasteiger partial charge in [-0.3, -0.25) is 4.79 Å². The maximum atomic E-state index is 12.6. The van der Waals surface area contributed by atoms with Gasteiger partial charge in [0.1, 0.15) is 5.00 Å². The third-order valence-corrected chi connectivity index (χ3v) is 5.16. The summed E-state index contributed by atoms with van der Waals surface area (Å²) in [6.07, 6.45) is 0.845. The van der Waals surface area contributed by atoms with Gasteiger partial charge >= 0.3 is 5.97 Å². The van der Waals surface area contributed by atoms with Crippen molar-refractivity contribution >= 4 is 28.2 Å². The van der Waals surface area contributed by atoms with Crippen molar-refractivity contribution in [3.8, 4) is 17.2 Å². The Bertz CT molecular complexity index is 820. The molecule has 0 saturated carbocycles. The lowest BCUT2D eigenvalue weighted by Gasteiger charge is -2.14. The largest absolute Gasteiger partial charge is 0.493 e. The van der Waals surface area contributed by atoms with Gasteiger partial charge in [-0.05, 0) is 37.1 Å². The maximum Gasteiger partial charge on any atom is 0.341 e. The number of amides is 1. The van der Waals surface area contributed by atoms with Gasteiger partial charge in [-0.25, -0.2) is 4.79 Å². The monoisotopic (exact) mass is 407 g/mol. The van der Waals surface area contributed by atoms with Gasteiger partial charge in [0, 0.05) is 4.88 Å². The minimum absolute atomic E-state index is 0.0817. The lowest BCUT2D eigenvalue weighted by Crippen LogP contribution is -2.16. The number of thiophene rings is 1. The van der Waals surface area contributed by atoms with Crippen LogP contribution in [0.2, 0.25) is 0 Å². The quantitative estimate of drug-likeness (QED) is 0.638. The number of hydrogen-bond acceptors (Lipinski definition) is 7. The topological polar surface area (TPSA) is 83.1 Å². The Morgan fingerprint density at radius 2 is 1.64 bits per heavy atom. The molecule has 1 amide bonds. The number of nitrogens with one attached hydrogen (secondary N) is 1. The second-order valence-corrected chi connectivity index (χ2v) is 6.92. The number of anilines is 1. The molecule has 28 heavy (non-hydrogen) atoms. The highest BCUT2D eigenvalue weighted by Crippen LogP contribution is 2.38. The predicted molar refractivity (Wildman–Crippen MR) is 108 cm³/mol. The summed E-state index contributed by atoms with van der Waals surface area (Å²) in [6, 6.07) is 5.20. The first-order valence-electron chi connectivity index (χ1n) is 8.85. The van der Waals surface area contributed by atoms with E-state index in [1.54, 1.807) is 25.1 Å². The number of esters is 1. The van der Waals surface area contributed by atoms with E-state index < -0.39 is 5.97 Å². The van der Waals surface area contributed by atoms with Crippen molar-refractivity contribution in [2.45, 2.75) is 26.7 Å². The summed E-state index contributed by atoms with van der Waals surface area (Å²) in [5.74, 6) is 0.706. The first kappa shape index (κ1) is 21.6. The van der Waals surface area contributed by atoms with Crippen LogP contribution in [0.1, 0.15) is 34.6 Å². The highest BCUT2D eigenvalue weighted by Gasteiger charge is 2.20. The number of carbonyl (C=O) groups excluding carboxylic acids is 2. The van der Waals surface area contributed by atoms with Gasteiger partial charge in [-0.15, -0.1) is 11.3 Å². The third-order valence-electron chi connectivity index (χ3n) is 3.97. The molecule has 0 unspecified atom stereocenters. The zero-order valence-electron chi connectivity index (χ0n) is 16.7. The number of aryl methyl sites for hydroxylation is 1. The Balaban J connectivity index is 2.23.